The Morgan fingerprint density at radius 2 is 1.62 bits per heavy atom. The number of aliphatic hydroxyl groups excluding tert-OH is 1. The molecule has 2 aromatic rings. The average Bonchev–Trinajstić information content (AvgIpc) is 3.54. The number of nitrogens with zero attached hydrogens (tertiary/aromatic N) is 2. The lowest BCUT2D eigenvalue weighted by molar-refractivity contribution is -0.0190. The summed E-state index contributed by atoms with van der Waals surface area (Å²) in [6.07, 6.45) is 9.03. The molecule has 0 bridgehead atoms. The van der Waals surface area contributed by atoms with Gasteiger partial charge in [-0.3, -0.25) is 4.79 Å². The van der Waals surface area contributed by atoms with E-state index in [9.17, 15) is 14.7 Å². The van der Waals surface area contributed by atoms with E-state index in [4.69, 9.17) is 18.9 Å². The van der Waals surface area contributed by atoms with Crippen molar-refractivity contribution in [3.05, 3.63) is 42.0 Å². The molecule has 3 amide bonds. The number of hydrogen-bond acceptors (Lipinski definition) is 8. The van der Waals surface area contributed by atoms with Crippen molar-refractivity contribution < 1.29 is 33.6 Å². The number of fused-ring (bicyclic) bond motifs is 2. The first-order valence-corrected chi connectivity index (χ1v) is 17.7. The summed E-state index contributed by atoms with van der Waals surface area (Å²) in [7, 11) is 2.18. The zero-order valence-electron chi connectivity index (χ0n) is 29.0. The van der Waals surface area contributed by atoms with Gasteiger partial charge in [-0.1, -0.05) is 26.2 Å². The van der Waals surface area contributed by atoms with Gasteiger partial charge in [-0.2, -0.15) is 0 Å². The number of ether oxygens (including phenoxy) is 4. The van der Waals surface area contributed by atoms with Crippen LogP contribution in [0.2, 0.25) is 0 Å². The first-order chi connectivity index (χ1) is 23.2. The molecule has 11 heteroatoms. The number of aliphatic hydroxyl groups is 1. The van der Waals surface area contributed by atoms with E-state index >= 15 is 0 Å². The number of rotatable bonds is 8. The zero-order valence-corrected chi connectivity index (χ0v) is 29.0. The van der Waals surface area contributed by atoms with Gasteiger partial charge < -0.3 is 44.5 Å². The highest BCUT2D eigenvalue weighted by Gasteiger charge is 2.31. The Kier molecular flexibility index (Phi) is 12.8. The van der Waals surface area contributed by atoms with Gasteiger partial charge in [0.1, 0.15) is 5.75 Å². The molecular weight excluding hydrogens is 612 g/mol. The van der Waals surface area contributed by atoms with E-state index in [1.807, 2.05) is 13.8 Å². The number of amides is 3. The minimum atomic E-state index is -0.469. The fraction of sp³-hybridized carbons (Fsp3) is 0.622. The third-order valence-corrected chi connectivity index (χ3v) is 9.73. The topological polar surface area (TPSA) is 122 Å². The Morgan fingerprint density at radius 1 is 0.938 bits per heavy atom. The lowest BCUT2D eigenvalue weighted by Gasteiger charge is -2.36. The number of carbonyl (C=O) groups excluding carboxylic acids is 2. The van der Waals surface area contributed by atoms with Crippen molar-refractivity contribution in [3.63, 3.8) is 0 Å². The number of benzene rings is 2. The summed E-state index contributed by atoms with van der Waals surface area (Å²) < 4.78 is 23.7. The maximum atomic E-state index is 14.4. The molecule has 48 heavy (non-hydrogen) atoms. The molecule has 5 rings (SSSR count). The zero-order chi connectivity index (χ0) is 34.0. The second kappa shape index (κ2) is 17.2. The molecule has 4 atom stereocenters. The summed E-state index contributed by atoms with van der Waals surface area (Å²) in [4.78, 5) is 31.5. The lowest BCUT2D eigenvalue weighted by atomic mass is 9.89. The van der Waals surface area contributed by atoms with Gasteiger partial charge in [-0.05, 0) is 89.2 Å². The maximum absolute atomic E-state index is 14.4. The molecule has 3 N–H and O–H groups in total. The quantitative estimate of drug-likeness (QED) is 0.297. The second-order valence-electron chi connectivity index (χ2n) is 13.9. The summed E-state index contributed by atoms with van der Waals surface area (Å²) in [5.74, 6) is 2.11. The van der Waals surface area contributed by atoms with Gasteiger partial charge in [0, 0.05) is 49.6 Å². The molecule has 1 saturated carbocycles. The number of urea groups is 1. The molecule has 0 unspecified atom stereocenters. The molecule has 1 fully saturated rings. The molecule has 0 radical (unpaired) electrons. The fourth-order valence-electron chi connectivity index (χ4n) is 6.92. The molecule has 3 aliphatic rings. The molecule has 0 saturated heterocycles. The predicted molar refractivity (Wildman–Crippen MR) is 186 cm³/mol. The van der Waals surface area contributed by atoms with Gasteiger partial charge in [0.25, 0.3) is 5.91 Å². The van der Waals surface area contributed by atoms with Crippen LogP contribution in [0.4, 0.5) is 16.2 Å². The SMILES string of the molecule is C[C@H]1CCCCO[C@H](CN(C)CC2CCCCC2)[C@@H](C)CN([C@@H](C)CO)C(=O)c2cc(NC(=O)Nc3ccc4c(c3)OCO4)ccc2O1. The maximum Gasteiger partial charge on any atom is 0.323 e. The molecule has 0 spiro atoms. The highest BCUT2D eigenvalue weighted by molar-refractivity contribution is 6.02. The molecule has 2 aromatic carbocycles. The number of carbonyl (C=O) groups is 2. The summed E-state index contributed by atoms with van der Waals surface area (Å²) >= 11 is 0. The van der Waals surface area contributed by atoms with Crippen LogP contribution >= 0.6 is 0 Å². The summed E-state index contributed by atoms with van der Waals surface area (Å²) in [5.41, 5.74) is 1.31. The second-order valence-corrected chi connectivity index (χ2v) is 13.9. The monoisotopic (exact) mass is 666 g/mol. The van der Waals surface area contributed by atoms with Crippen LogP contribution in [0.15, 0.2) is 36.4 Å². The van der Waals surface area contributed by atoms with Gasteiger partial charge >= 0.3 is 6.03 Å². The Balaban J connectivity index is 1.35. The first-order valence-electron chi connectivity index (χ1n) is 17.7. The fourth-order valence-corrected chi connectivity index (χ4v) is 6.92. The van der Waals surface area contributed by atoms with Crippen molar-refractivity contribution >= 4 is 23.3 Å². The van der Waals surface area contributed by atoms with Gasteiger partial charge in [0.2, 0.25) is 6.79 Å². The van der Waals surface area contributed by atoms with E-state index in [-0.39, 0.29) is 37.4 Å². The van der Waals surface area contributed by atoms with Crippen molar-refractivity contribution in [2.24, 2.45) is 11.8 Å². The standard InChI is InChI=1S/C37H54N4O7/c1-25-20-41(26(2)23-42)36(43)31-18-29(38-37(44)39-30-14-16-33-34(19-30)47-24-46-33)13-15-32(31)48-27(3)10-8-9-17-45-35(25)22-40(4)21-28-11-6-5-7-12-28/h13-16,18-19,25-28,35,42H,5-12,17,20-24H2,1-4H3,(H2,38,39,44)/t25-,26-,27-,35+/m0/s1. The van der Waals surface area contributed by atoms with Crippen molar-refractivity contribution in [2.75, 3.05) is 57.3 Å². The predicted octanol–water partition coefficient (Wildman–Crippen LogP) is 6.37. The van der Waals surface area contributed by atoms with Crippen LogP contribution in [0.25, 0.3) is 0 Å². The minimum Gasteiger partial charge on any atom is -0.490 e. The molecule has 1 aliphatic carbocycles. The lowest BCUT2D eigenvalue weighted by Crippen LogP contribution is -2.47. The van der Waals surface area contributed by atoms with Gasteiger partial charge in [0.05, 0.1) is 30.4 Å². The van der Waals surface area contributed by atoms with E-state index in [1.165, 1.54) is 32.1 Å². The van der Waals surface area contributed by atoms with E-state index in [2.05, 4.69) is 29.5 Å². The molecule has 0 aromatic heterocycles. The van der Waals surface area contributed by atoms with Crippen molar-refractivity contribution in [2.45, 2.75) is 90.4 Å². The molecular formula is C37H54N4O7. The van der Waals surface area contributed by atoms with Crippen LogP contribution < -0.4 is 24.8 Å². The number of likely N-dealkylation sites (N-methyl/N-ethyl adjacent to an activating group) is 1. The number of anilines is 2. The highest BCUT2D eigenvalue weighted by Crippen LogP contribution is 2.34. The van der Waals surface area contributed by atoms with Crippen LogP contribution in [0, 0.1) is 11.8 Å². The Hall–Kier alpha value is -3.54. The Labute approximate surface area is 285 Å². The summed E-state index contributed by atoms with van der Waals surface area (Å²) in [6.45, 7) is 8.85. The third-order valence-electron chi connectivity index (χ3n) is 9.73. The smallest absolute Gasteiger partial charge is 0.323 e. The Morgan fingerprint density at radius 3 is 2.38 bits per heavy atom. The van der Waals surface area contributed by atoms with Crippen LogP contribution in [-0.2, 0) is 4.74 Å². The Bertz CT molecular complexity index is 1370. The first kappa shape index (κ1) is 35.8. The van der Waals surface area contributed by atoms with Crippen molar-refractivity contribution in [1.29, 1.82) is 0 Å². The number of nitrogens with one attached hydrogen (secondary N) is 2. The largest absolute Gasteiger partial charge is 0.490 e. The van der Waals surface area contributed by atoms with Crippen LogP contribution in [0.1, 0.15) is 82.5 Å². The van der Waals surface area contributed by atoms with Crippen LogP contribution in [0.5, 0.6) is 17.2 Å². The van der Waals surface area contributed by atoms with E-state index < -0.39 is 12.1 Å². The van der Waals surface area contributed by atoms with Crippen LogP contribution in [0.3, 0.4) is 0 Å². The van der Waals surface area contributed by atoms with Crippen molar-refractivity contribution in [1.82, 2.24) is 9.80 Å². The van der Waals surface area contributed by atoms with Gasteiger partial charge in [0.15, 0.2) is 11.5 Å². The normalized spacial score (nSPS) is 23.2. The molecule has 11 nitrogen and oxygen atoms in total. The highest BCUT2D eigenvalue weighted by atomic mass is 16.7. The molecule has 264 valence electrons. The van der Waals surface area contributed by atoms with E-state index in [0.717, 1.165) is 38.3 Å². The number of hydrogen-bond donors (Lipinski definition) is 3. The molecule has 2 aliphatic heterocycles. The minimum absolute atomic E-state index is 0.0109. The van der Waals surface area contributed by atoms with E-state index in [0.29, 0.717) is 47.3 Å². The van der Waals surface area contributed by atoms with Crippen LogP contribution in [-0.4, -0.2) is 91.8 Å². The summed E-state index contributed by atoms with van der Waals surface area (Å²) in [6, 6.07) is 9.39. The van der Waals surface area contributed by atoms with Gasteiger partial charge in [-0.15, -0.1) is 0 Å². The van der Waals surface area contributed by atoms with Crippen molar-refractivity contribution in [3.8, 4) is 17.2 Å². The third kappa shape index (κ3) is 9.76. The van der Waals surface area contributed by atoms with E-state index in [1.54, 1.807) is 41.3 Å². The van der Waals surface area contributed by atoms with Gasteiger partial charge in [-0.25, -0.2) is 4.79 Å². The summed E-state index contributed by atoms with van der Waals surface area (Å²) in [5, 5.41) is 15.9. The molecule has 2 heterocycles. The average molecular weight is 667 g/mol.